The van der Waals surface area contributed by atoms with Crippen molar-refractivity contribution >= 4 is 18.0 Å². The molecule has 1 fully saturated rings. The van der Waals surface area contributed by atoms with E-state index in [1.54, 1.807) is 6.08 Å². The Balaban J connectivity index is 1.63. The van der Waals surface area contributed by atoms with Crippen LogP contribution in [0.2, 0.25) is 0 Å². The van der Waals surface area contributed by atoms with Gasteiger partial charge in [0.2, 0.25) is 0 Å². The lowest BCUT2D eigenvalue weighted by Gasteiger charge is -2.12. The molecule has 1 aliphatic rings. The standard InChI is InChI=1S/C23H21N3O2/c1-16-10-11-21(17(2)13-16)25-12-6-9-19(25)14-20-22(27)26(23(28)24-20)15-18-7-4-3-5-8-18/h3-14H,15H2,1-2H3,(H,24,28)/b20-14+. The summed E-state index contributed by atoms with van der Waals surface area (Å²) in [5, 5.41) is 2.70. The summed E-state index contributed by atoms with van der Waals surface area (Å²) in [4.78, 5) is 26.3. The van der Waals surface area contributed by atoms with Gasteiger partial charge in [-0.3, -0.25) is 9.69 Å². The van der Waals surface area contributed by atoms with Crippen molar-refractivity contribution in [2.24, 2.45) is 0 Å². The molecule has 2 aromatic carbocycles. The van der Waals surface area contributed by atoms with E-state index in [0.717, 1.165) is 22.5 Å². The minimum absolute atomic E-state index is 0.251. The SMILES string of the molecule is Cc1ccc(-n2cccc2/C=C2/NC(=O)N(Cc3ccccc3)C2=O)c(C)c1. The molecule has 4 rings (SSSR count). The maximum Gasteiger partial charge on any atom is 0.329 e. The van der Waals surface area contributed by atoms with Crippen LogP contribution in [-0.2, 0) is 11.3 Å². The van der Waals surface area contributed by atoms with Crippen molar-refractivity contribution in [1.29, 1.82) is 0 Å². The molecule has 0 aliphatic carbocycles. The number of amides is 3. The van der Waals surface area contributed by atoms with E-state index in [-0.39, 0.29) is 18.1 Å². The number of nitrogens with one attached hydrogen (secondary N) is 1. The largest absolute Gasteiger partial charge is 0.329 e. The smallest absolute Gasteiger partial charge is 0.317 e. The number of benzene rings is 2. The maximum atomic E-state index is 12.8. The van der Waals surface area contributed by atoms with Crippen LogP contribution >= 0.6 is 0 Å². The first-order valence-electron chi connectivity index (χ1n) is 9.16. The van der Waals surface area contributed by atoms with Gasteiger partial charge in [0.15, 0.2) is 0 Å². The molecule has 1 aromatic heterocycles. The first-order chi connectivity index (χ1) is 13.5. The molecular weight excluding hydrogens is 350 g/mol. The summed E-state index contributed by atoms with van der Waals surface area (Å²) >= 11 is 0. The topological polar surface area (TPSA) is 54.3 Å². The molecule has 140 valence electrons. The van der Waals surface area contributed by atoms with Crippen LogP contribution in [0.15, 0.2) is 72.6 Å². The van der Waals surface area contributed by atoms with E-state index < -0.39 is 6.03 Å². The summed E-state index contributed by atoms with van der Waals surface area (Å²) in [6.07, 6.45) is 3.68. The molecule has 0 saturated carbocycles. The number of rotatable bonds is 4. The third kappa shape index (κ3) is 3.34. The highest BCUT2D eigenvalue weighted by Gasteiger charge is 2.33. The normalized spacial score (nSPS) is 15.4. The van der Waals surface area contributed by atoms with Gasteiger partial charge in [0.05, 0.1) is 6.54 Å². The molecule has 5 heteroatoms. The van der Waals surface area contributed by atoms with Crippen LogP contribution in [0.5, 0.6) is 0 Å². The molecule has 1 saturated heterocycles. The van der Waals surface area contributed by atoms with Crippen molar-refractivity contribution < 1.29 is 9.59 Å². The van der Waals surface area contributed by atoms with Gasteiger partial charge in [0, 0.05) is 17.6 Å². The summed E-state index contributed by atoms with van der Waals surface area (Å²) in [7, 11) is 0. The number of aryl methyl sites for hydroxylation is 2. The van der Waals surface area contributed by atoms with Gasteiger partial charge in [0.25, 0.3) is 5.91 Å². The monoisotopic (exact) mass is 371 g/mol. The number of hydrogen-bond acceptors (Lipinski definition) is 2. The Morgan fingerprint density at radius 3 is 2.50 bits per heavy atom. The van der Waals surface area contributed by atoms with Gasteiger partial charge in [-0.2, -0.15) is 0 Å². The molecule has 0 radical (unpaired) electrons. The van der Waals surface area contributed by atoms with Crippen molar-refractivity contribution in [3.05, 3.63) is 94.9 Å². The molecule has 0 bridgehead atoms. The number of aromatic nitrogens is 1. The molecule has 1 N–H and O–H groups in total. The fraction of sp³-hybridized carbons (Fsp3) is 0.130. The van der Waals surface area contributed by atoms with E-state index in [4.69, 9.17) is 0 Å². The Kier molecular flexibility index (Phi) is 4.57. The zero-order valence-corrected chi connectivity index (χ0v) is 15.8. The zero-order chi connectivity index (χ0) is 19.7. The van der Waals surface area contributed by atoms with Gasteiger partial charge in [-0.15, -0.1) is 0 Å². The molecule has 3 amide bonds. The van der Waals surface area contributed by atoms with Crippen LogP contribution in [0.1, 0.15) is 22.4 Å². The van der Waals surface area contributed by atoms with Crippen LogP contribution in [0.3, 0.4) is 0 Å². The number of urea groups is 1. The second-order valence-corrected chi connectivity index (χ2v) is 6.96. The van der Waals surface area contributed by atoms with Gasteiger partial charge in [-0.1, -0.05) is 48.0 Å². The Bertz CT molecular complexity index is 1080. The second kappa shape index (κ2) is 7.19. The van der Waals surface area contributed by atoms with Gasteiger partial charge in [-0.25, -0.2) is 4.79 Å². The molecular formula is C23H21N3O2. The van der Waals surface area contributed by atoms with Crippen molar-refractivity contribution in [2.45, 2.75) is 20.4 Å². The minimum Gasteiger partial charge on any atom is -0.317 e. The minimum atomic E-state index is -0.398. The Morgan fingerprint density at radius 1 is 0.964 bits per heavy atom. The van der Waals surface area contributed by atoms with Crippen molar-refractivity contribution in [3.63, 3.8) is 0 Å². The third-order valence-electron chi connectivity index (χ3n) is 4.83. The van der Waals surface area contributed by atoms with Crippen LogP contribution in [0, 0.1) is 13.8 Å². The molecule has 3 aromatic rings. The Hall–Kier alpha value is -3.60. The fourth-order valence-corrected chi connectivity index (χ4v) is 3.44. The van der Waals surface area contributed by atoms with Crippen LogP contribution in [0.4, 0.5) is 4.79 Å². The van der Waals surface area contributed by atoms with E-state index >= 15 is 0 Å². The van der Waals surface area contributed by atoms with Crippen LogP contribution < -0.4 is 5.32 Å². The van der Waals surface area contributed by atoms with Gasteiger partial charge < -0.3 is 9.88 Å². The van der Waals surface area contributed by atoms with Gasteiger partial charge in [0.1, 0.15) is 5.70 Å². The molecule has 0 unspecified atom stereocenters. The van der Waals surface area contributed by atoms with E-state index in [0.29, 0.717) is 0 Å². The van der Waals surface area contributed by atoms with E-state index in [2.05, 4.69) is 37.4 Å². The summed E-state index contributed by atoms with van der Waals surface area (Å²) in [5.41, 5.74) is 5.40. The van der Waals surface area contributed by atoms with Crippen molar-refractivity contribution in [3.8, 4) is 5.69 Å². The van der Waals surface area contributed by atoms with Crippen LogP contribution in [-0.4, -0.2) is 21.4 Å². The lowest BCUT2D eigenvalue weighted by Crippen LogP contribution is -2.30. The van der Waals surface area contributed by atoms with E-state index in [1.165, 1.54) is 10.5 Å². The van der Waals surface area contributed by atoms with Crippen molar-refractivity contribution in [1.82, 2.24) is 14.8 Å². The second-order valence-electron chi connectivity index (χ2n) is 6.96. The highest BCUT2D eigenvalue weighted by Crippen LogP contribution is 2.22. The third-order valence-corrected chi connectivity index (χ3v) is 4.83. The average Bonchev–Trinajstić information content (AvgIpc) is 3.23. The predicted molar refractivity (Wildman–Crippen MR) is 109 cm³/mol. The van der Waals surface area contributed by atoms with Gasteiger partial charge in [-0.05, 0) is 49.2 Å². The van der Waals surface area contributed by atoms with E-state index in [1.807, 2.05) is 53.2 Å². The van der Waals surface area contributed by atoms with Crippen molar-refractivity contribution in [2.75, 3.05) is 0 Å². The van der Waals surface area contributed by atoms with E-state index in [9.17, 15) is 9.59 Å². The summed E-state index contributed by atoms with van der Waals surface area (Å²) in [5.74, 6) is -0.317. The quantitative estimate of drug-likeness (QED) is 0.552. The Labute approximate surface area is 163 Å². The predicted octanol–water partition coefficient (Wildman–Crippen LogP) is 4.19. The lowest BCUT2D eigenvalue weighted by atomic mass is 10.1. The lowest BCUT2D eigenvalue weighted by molar-refractivity contribution is -0.123. The molecule has 0 atom stereocenters. The number of imide groups is 1. The molecule has 28 heavy (non-hydrogen) atoms. The number of carbonyl (C=O) groups is 2. The zero-order valence-electron chi connectivity index (χ0n) is 15.8. The maximum absolute atomic E-state index is 12.8. The summed E-state index contributed by atoms with van der Waals surface area (Å²) in [6, 6.07) is 19.2. The molecule has 5 nitrogen and oxygen atoms in total. The first-order valence-corrected chi connectivity index (χ1v) is 9.16. The Morgan fingerprint density at radius 2 is 1.75 bits per heavy atom. The first kappa shape index (κ1) is 17.8. The van der Waals surface area contributed by atoms with Gasteiger partial charge >= 0.3 is 6.03 Å². The highest BCUT2D eigenvalue weighted by atomic mass is 16.2. The fourth-order valence-electron chi connectivity index (χ4n) is 3.44. The number of hydrogen-bond donors (Lipinski definition) is 1. The average molecular weight is 371 g/mol. The summed E-state index contributed by atoms with van der Waals surface area (Å²) < 4.78 is 2.01. The number of carbonyl (C=O) groups excluding carboxylic acids is 2. The highest BCUT2D eigenvalue weighted by molar-refractivity contribution is 6.13. The summed E-state index contributed by atoms with van der Waals surface area (Å²) in [6.45, 7) is 4.37. The molecule has 0 spiro atoms. The number of nitrogens with zero attached hydrogens (tertiary/aromatic N) is 2. The molecule has 2 heterocycles. The molecule has 1 aliphatic heterocycles. The van der Waals surface area contributed by atoms with Crippen LogP contribution in [0.25, 0.3) is 11.8 Å².